The number of anilines is 1. The quantitative estimate of drug-likeness (QED) is 0.248. The molecule has 0 unspecified atom stereocenters. The van der Waals surface area contributed by atoms with Crippen LogP contribution in [0.2, 0.25) is 0 Å². The predicted octanol–water partition coefficient (Wildman–Crippen LogP) is 5.00. The molecule has 0 aliphatic carbocycles. The summed E-state index contributed by atoms with van der Waals surface area (Å²) in [5, 5.41) is 25.6. The minimum atomic E-state index is -0.930. The summed E-state index contributed by atoms with van der Waals surface area (Å²) >= 11 is 1.55. The molecule has 2 aromatic carbocycles. The van der Waals surface area contributed by atoms with Crippen LogP contribution in [0.4, 0.5) is 10.7 Å². The van der Waals surface area contributed by atoms with E-state index in [0.29, 0.717) is 18.2 Å². The highest BCUT2D eigenvalue weighted by molar-refractivity contribution is 7.19. The summed E-state index contributed by atoms with van der Waals surface area (Å²) < 4.78 is 0. The second-order valence-electron chi connectivity index (χ2n) is 9.58. The zero-order valence-electron chi connectivity index (χ0n) is 21.1. The number of aryl methyl sites for hydroxylation is 1. The van der Waals surface area contributed by atoms with E-state index in [9.17, 15) is 19.8 Å². The van der Waals surface area contributed by atoms with Gasteiger partial charge in [-0.1, -0.05) is 24.3 Å². The summed E-state index contributed by atoms with van der Waals surface area (Å²) in [6.07, 6.45) is 1.71. The molecule has 10 heteroatoms. The van der Waals surface area contributed by atoms with Crippen molar-refractivity contribution in [3.05, 3.63) is 66.4 Å². The number of aromatic nitrogens is 2. The number of imide groups is 1. The van der Waals surface area contributed by atoms with Gasteiger partial charge >= 0.3 is 6.03 Å². The van der Waals surface area contributed by atoms with Crippen molar-refractivity contribution >= 4 is 29.2 Å². The third kappa shape index (κ3) is 4.78. The van der Waals surface area contributed by atoms with E-state index in [4.69, 9.17) is 4.98 Å². The molecule has 1 saturated heterocycles. The summed E-state index contributed by atoms with van der Waals surface area (Å²) in [5.41, 5.74) is 3.22. The van der Waals surface area contributed by atoms with Gasteiger partial charge in [-0.05, 0) is 67.8 Å². The maximum Gasteiger partial charge on any atom is 0.325 e. The van der Waals surface area contributed by atoms with Gasteiger partial charge in [0, 0.05) is 29.7 Å². The largest absolute Gasteiger partial charge is 0.508 e. The minimum absolute atomic E-state index is 0.138. The number of nitrogens with zero attached hydrogens (tertiary/aromatic N) is 3. The van der Waals surface area contributed by atoms with E-state index in [1.165, 1.54) is 4.90 Å². The minimum Gasteiger partial charge on any atom is -0.508 e. The molecule has 0 saturated carbocycles. The lowest BCUT2D eigenvalue weighted by molar-refractivity contribution is -0.125. The number of aromatic hydroxyl groups is 2. The molecule has 0 atom stereocenters. The molecule has 0 radical (unpaired) electrons. The summed E-state index contributed by atoms with van der Waals surface area (Å²) in [6.45, 7) is 6.05. The number of phenolic OH excluding ortho intramolecular Hbond substituents is 2. The van der Waals surface area contributed by atoms with E-state index in [0.717, 1.165) is 32.0 Å². The molecule has 3 amide bonds. The van der Waals surface area contributed by atoms with E-state index in [2.05, 4.69) is 15.6 Å². The molecule has 38 heavy (non-hydrogen) atoms. The van der Waals surface area contributed by atoms with Gasteiger partial charge in [-0.15, -0.1) is 11.3 Å². The molecule has 1 fully saturated rings. The van der Waals surface area contributed by atoms with Crippen LogP contribution in [0.3, 0.4) is 0 Å². The van der Waals surface area contributed by atoms with E-state index >= 15 is 0 Å². The van der Waals surface area contributed by atoms with Crippen molar-refractivity contribution < 1.29 is 19.8 Å². The van der Waals surface area contributed by atoms with Crippen molar-refractivity contribution in [1.82, 2.24) is 20.2 Å². The lowest BCUT2D eigenvalue weighted by Crippen LogP contribution is -2.46. The molecule has 1 aliphatic heterocycles. The van der Waals surface area contributed by atoms with Crippen LogP contribution in [-0.4, -0.2) is 55.6 Å². The Bertz CT molecular complexity index is 1550. The summed E-state index contributed by atoms with van der Waals surface area (Å²) in [7, 11) is 0. The van der Waals surface area contributed by atoms with Crippen molar-refractivity contribution in [3.63, 3.8) is 0 Å². The number of carbonyl (C=O) groups is 2. The Kier molecular flexibility index (Phi) is 6.50. The molecule has 0 spiro atoms. The molecule has 1 aliphatic rings. The summed E-state index contributed by atoms with van der Waals surface area (Å²) in [5.74, 6) is 0.381. The predicted molar refractivity (Wildman–Crippen MR) is 147 cm³/mol. The van der Waals surface area contributed by atoms with Gasteiger partial charge in [-0.25, -0.2) is 14.8 Å². The van der Waals surface area contributed by atoms with Gasteiger partial charge < -0.3 is 20.4 Å². The van der Waals surface area contributed by atoms with Crippen LogP contribution >= 0.6 is 11.3 Å². The summed E-state index contributed by atoms with van der Waals surface area (Å²) in [4.78, 5) is 36.9. The third-order valence-electron chi connectivity index (χ3n) is 6.52. The zero-order chi connectivity index (χ0) is 27.0. The van der Waals surface area contributed by atoms with E-state index in [1.807, 2.05) is 31.2 Å². The topological polar surface area (TPSA) is 128 Å². The second kappa shape index (κ2) is 9.79. The molecular weight excluding hydrogens is 502 g/mol. The van der Waals surface area contributed by atoms with Crippen LogP contribution in [0, 0.1) is 6.92 Å². The molecule has 9 nitrogen and oxygen atoms in total. The highest BCUT2D eigenvalue weighted by Gasteiger charge is 2.45. The zero-order valence-corrected chi connectivity index (χ0v) is 22.0. The first-order chi connectivity index (χ1) is 18.1. The van der Waals surface area contributed by atoms with Gasteiger partial charge in [0.15, 0.2) is 0 Å². The fraction of sp³-hybridized carbons (Fsp3) is 0.214. The molecule has 4 aromatic rings. The van der Waals surface area contributed by atoms with E-state index in [-0.39, 0.29) is 24.0 Å². The lowest BCUT2D eigenvalue weighted by Gasteiger charge is -2.27. The monoisotopic (exact) mass is 529 g/mol. The molecule has 194 valence electrons. The SMILES string of the molecule is Cc1cc(-c2nc(NCCN3C(=O)NC(=O)C3(C)C)ncc2-c2cccc(O)c2)sc1-c1cccc(O)c1. The van der Waals surface area contributed by atoms with Crippen LogP contribution in [0.25, 0.3) is 32.1 Å². The van der Waals surface area contributed by atoms with E-state index < -0.39 is 11.6 Å². The van der Waals surface area contributed by atoms with Gasteiger partial charge in [0.1, 0.15) is 17.0 Å². The van der Waals surface area contributed by atoms with Crippen LogP contribution in [0.15, 0.2) is 60.8 Å². The number of urea groups is 1. The van der Waals surface area contributed by atoms with Gasteiger partial charge in [-0.2, -0.15) is 0 Å². The highest BCUT2D eigenvalue weighted by atomic mass is 32.1. The number of carbonyl (C=O) groups excluding carboxylic acids is 2. The van der Waals surface area contributed by atoms with E-state index in [1.54, 1.807) is 61.7 Å². The first kappa shape index (κ1) is 25.2. The maximum absolute atomic E-state index is 12.2. The third-order valence-corrected chi connectivity index (χ3v) is 7.81. The van der Waals surface area contributed by atoms with Crippen LogP contribution in [0.5, 0.6) is 11.5 Å². The maximum atomic E-state index is 12.2. The Hall–Kier alpha value is -4.44. The molecule has 5 rings (SSSR count). The smallest absolute Gasteiger partial charge is 0.325 e. The van der Waals surface area contributed by atoms with Crippen LogP contribution in [0.1, 0.15) is 19.4 Å². The first-order valence-corrected chi connectivity index (χ1v) is 12.9. The van der Waals surface area contributed by atoms with Crippen molar-refractivity contribution in [3.8, 4) is 43.6 Å². The summed E-state index contributed by atoms with van der Waals surface area (Å²) in [6, 6.07) is 15.7. The Morgan fingerprint density at radius 2 is 1.71 bits per heavy atom. The number of hydrogen-bond donors (Lipinski definition) is 4. The van der Waals surface area contributed by atoms with Crippen molar-refractivity contribution in [1.29, 1.82) is 0 Å². The number of rotatable bonds is 7. The number of amides is 3. The molecular formula is C28H27N5O4S. The van der Waals surface area contributed by atoms with Gasteiger partial charge in [0.25, 0.3) is 5.91 Å². The number of thiophene rings is 1. The molecule has 4 N–H and O–H groups in total. The van der Waals surface area contributed by atoms with Crippen molar-refractivity contribution in [2.75, 3.05) is 18.4 Å². The normalized spacial score (nSPS) is 14.6. The number of hydrogen-bond acceptors (Lipinski definition) is 8. The average Bonchev–Trinajstić information content (AvgIpc) is 3.35. The van der Waals surface area contributed by atoms with Crippen LogP contribution < -0.4 is 10.6 Å². The Morgan fingerprint density at radius 1 is 1.03 bits per heavy atom. The van der Waals surface area contributed by atoms with Gasteiger partial charge in [0.05, 0.1) is 10.6 Å². The number of phenols is 2. The standard InChI is InChI=1S/C28H27N5O4S/c1-16-12-22(38-24(16)18-7-5-9-20(35)14-18)23-21(17-6-4-8-19(34)13-17)15-30-26(31-23)29-10-11-33-27(37)32-25(36)28(33,2)3/h4-9,12-15,34-35H,10-11H2,1-3H3,(H,29,30,31)(H,32,36,37). The number of benzene rings is 2. The van der Waals surface area contributed by atoms with Crippen LogP contribution in [-0.2, 0) is 4.79 Å². The molecule has 3 heterocycles. The molecule has 2 aromatic heterocycles. The lowest BCUT2D eigenvalue weighted by atomic mass is 10.0. The van der Waals surface area contributed by atoms with Crippen molar-refractivity contribution in [2.45, 2.75) is 26.3 Å². The van der Waals surface area contributed by atoms with Gasteiger partial charge in [-0.3, -0.25) is 10.1 Å². The fourth-order valence-corrected chi connectivity index (χ4v) is 5.60. The number of nitrogens with one attached hydrogen (secondary N) is 2. The Balaban J connectivity index is 1.48. The average molecular weight is 530 g/mol. The van der Waals surface area contributed by atoms with Gasteiger partial charge in [0.2, 0.25) is 5.95 Å². The Morgan fingerprint density at radius 3 is 2.37 bits per heavy atom. The Labute approximate surface area is 223 Å². The molecule has 0 bridgehead atoms. The highest BCUT2D eigenvalue weighted by Crippen LogP contribution is 2.41. The van der Waals surface area contributed by atoms with Crippen molar-refractivity contribution in [2.24, 2.45) is 0 Å². The fourth-order valence-electron chi connectivity index (χ4n) is 4.43. The second-order valence-corrected chi connectivity index (χ2v) is 10.6. The first-order valence-electron chi connectivity index (χ1n) is 12.1.